The lowest BCUT2D eigenvalue weighted by atomic mass is 10.0. The third-order valence-corrected chi connectivity index (χ3v) is 5.40. The summed E-state index contributed by atoms with van der Waals surface area (Å²) in [6.45, 7) is 0. The molecule has 0 aromatic carbocycles. The summed E-state index contributed by atoms with van der Waals surface area (Å²) < 4.78 is 39.2. The summed E-state index contributed by atoms with van der Waals surface area (Å²) >= 11 is 1.79. The van der Waals surface area contributed by atoms with Crippen LogP contribution >= 0.6 is 11.8 Å². The Morgan fingerprint density at radius 3 is 2.67 bits per heavy atom. The zero-order valence-corrected chi connectivity index (χ0v) is 12.9. The maximum Gasteiger partial charge on any atom is 0.416 e. The van der Waals surface area contributed by atoms with Crippen LogP contribution in [0.5, 0.6) is 0 Å². The molecule has 0 aliphatic heterocycles. The molecule has 1 aliphatic rings. The lowest BCUT2D eigenvalue weighted by molar-refractivity contribution is -0.138. The Hall–Kier alpha value is -0.750. The predicted octanol–water partition coefficient (Wildman–Crippen LogP) is 4.43. The second-order valence-electron chi connectivity index (χ2n) is 5.40. The maximum atomic E-state index is 13.1. The smallest absolute Gasteiger partial charge is 0.312 e. The van der Waals surface area contributed by atoms with Crippen molar-refractivity contribution in [2.24, 2.45) is 0 Å². The first-order chi connectivity index (χ1) is 10.0. The maximum absolute atomic E-state index is 13.1. The molecule has 1 atom stereocenters. The Kier molecular flexibility index (Phi) is 5.93. The van der Waals surface area contributed by atoms with E-state index in [1.807, 2.05) is 0 Å². The van der Waals surface area contributed by atoms with Gasteiger partial charge in [-0.15, -0.1) is 0 Å². The quantitative estimate of drug-likeness (QED) is 0.869. The Balaban J connectivity index is 2.06. The van der Waals surface area contributed by atoms with Crippen LogP contribution in [-0.2, 0) is 6.18 Å². The molecule has 2 nitrogen and oxygen atoms in total. The fourth-order valence-corrected chi connectivity index (χ4v) is 4.21. The van der Waals surface area contributed by atoms with E-state index in [4.69, 9.17) is 0 Å². The van der Waals surface area contributed by atoms with Crippen LogP contribution in [0.25, 0.3) is 0 Å². The zero-order valence-electron chi connectivity index (χ0n) is 12.1. The molecule has 1 heterocycles. The van der Waals surface area contributed by atoms with Gasteiger partial charge >= 0.3 is 6.18 Å². The van der Waals surface area contributed by atoms with Crippen molar-refractivity contribution in [2.75, 3.05) is 12.8 Å². The van der Waals surface area contributed by atoms with E-state index in [9.17, 15) is 13.2 Å². The molecule has 1 aliphatic carbocycles. The summed E-state index contributed by atoms with van der Waals surface area (Å²) in [5.74, 6) is 0.649. The van der Waals surface area contributed by atoms with E-state index in [0.717, 1.165) is 6.07 Å². The van der Waals surface area contributed by atoms with Crippen LogP contribution in [0.2, 0.25) is 0 Å². The number of halogens is 3. The molecule has 0 radical (unpaired) electrons. The number of hydrogen-bond acceptors (Lipinski definition) is 3. The van der Waals surface area contributed by atoms with E-state index in [1.165, 1.54) is 44.5 Å². The second kappa shape index (κ2) is 7.49. The minimum Gasteiger partial charge on any atom is -0.312 e. The number of rotatable bonds is 5. The van der Waals surface area contributed by atoms with Crippen molar-refractivity contribution in [3.05, 3.63) is 29.6 Å². The molecular weight excluding hydrogens is 297 g/mol. The van der Waals surface area contributed by atoms with Crippen LogP contribution in [0.3, 0.4) is 0 Å². The highest BCUT2D eigenvalue weighted by molar-refractivity contribution is 7.99. The molecule has 1 aromatic heterocycles. The van der Waals surface area contributed by atoms with Crippen molar-refractivity contribution in [1.82, 2.24) is 10.3 Å². The lowest BCUT2D eigenvalue weighted by Crippen LogP contribution is -2.24. The third-order valence-electron chi connectivity index (χ3n) is 3.93. The highest BCUT2D eigenvalue weighted by Crippen LogP contribution is 2.36. The minimum atomic E-state index is -4.33. The molecule has 1 aromatic rings. The summed E-state index contributed by atoms with van der Waals surface area (Å²) in [6.07, 6.45) is 4.33. The van der Waals surface area contributed by atoms with E-state index in [-0.39, 0.29) is 11.6 Å². The van der Waals surface area contributed by atoms with E-state index in [0.29, 0.717) is 11.0 Å². The third kappa shape index (κ3) is 4.61. The molecular formula is C15H21F3N2S. The number of nitrogens with zero attached hydrogens (tertiary/aromatic N) is 1. The van der Waals surface area contributed by atoms with Gasteiger partial charge in [0, 0.05) is 35.0 Å². The molecule has 1 unspecified atom stereocenters. The van der Waals surface area contributed by atoms with Gasteiger partial charge < -0.3 is 5.32 Å². The van der Waals surface area contributed by atoms with Crippen LogP contribution in [-0.4, -0.2) is 23.0 Å². The van der Waals surface area contributed by atoms with E-state index >= 15 is 0 Å². The van der Waals surface area contributed by atoms with Crippen molar-refractivity contribution < 1.29 is 13.2 Å². The van der Waals surface area contributed by atoms with Crippen LogP contribution in [0.15, 0.2) is 18.5 Å². The minimum absolute atomic E-state index is 0.246. The first-order valence-electron chi connectivity index (χ1n) is 7.32. The van der Waals surface area contributed by atoms with Crippen molar-refractivity contribution >= 4 is 11.8 Å². The van der Waals surface area contributed by atoms with Gasteiger partial charge in [0.25, 0.3) is 0 Å². The second-order valence-corrected chi connectivity index (χ2v) is 6.73. The average molecular weight is 318 g/mol. The Morgan fingerprint density at radius 1 is 1.33 bits per heavy atom. The van der Waals surface area contributed by atoms with Gasteiger partial charge in [0.05, 0.1) is 5.56 Å². The SMILES string of the molecule is CNC(CSC1CCCCC1)c1cnccc1C(F)(F)F. The summed E-state index contributed by atoms with van der Waals surface area (Å²) in [7, 11) is 1.71. The molecule has 1 fully saturated rings. The number of thioether (sulfide) groups is 1. The van der Waals surface area contributed by atoms with Crippen LogP contribution in [0.1, 0.15) is 49.3 Å². The Labute approximate surface area is 127 Å². The molecule has 1 saturated carbocycles. The molecule has 21 heavy (non-hydrogen) atoms. The lowest BCUT2D eigenvalue weighted by Gasteiger charge is -2.25. The average Bonchev–Trinajstić information content (AvgIpc) is 2.48. The standard InChI is InChI=1S/C15H21F3N2S/c1-19-14(10-21-11-5-3-2-4-6-11)12-9-20-8-7-13(12)15(16,17)18/h7-9,11,14,19H,2-6,10H2,1H3. The van der Waals surface area contributed by atoms with Crippen molar-refractivity contribution in [3.63, 3.8) is 0 Å². The van der Waals surface area contributed by atoms with E-state index < -0.39 is 11.7 Å². The topological polar surface area (TPSA) is 24.9 Å². The number of aromatic nitrogens is 1. The van der Waals surface area contributed by atoms with Crippen LogP contribution in [0.4, 0.5) is 13.2 Å². The molecule has 0 spiro atoms. The largest absolute Gasteiger partial charge is 0.416 e. The fourth-order valence-electron chi connectivity index (χ4n) is 2.74. The highest BCUT2D eigenvalue weighted by atomic mass is 32.2. The normalized spacial score (nSPS) is 18.7. The molecule has 6 heteroatoms. The number of nitrogens with one attached hydrogen (secondary N) is 1. The monoisotopic (exact) mass is 318 g/mol. The molecule has 118 valence electrons. The summed E-state index contributed by atoms with van der Waals surface area (Å²) in [5, 5.41) is 3.59. The molecule has 1 N–H and O–H groups in total. The van der Waals surface area contributed by atoms with Gasteiger partial charge in [-0.05, 0) is 26.0 Å². The van der Waals surface area contributed by atoms with Gasteiger partial charge in [-0.3, -0.25) is 4.98 Å². The van der Waals surface area contributed by atoms with Crippen molar-refractivity contribution in [1.29, 1.82) is 0 Å². The zero-order chi connectivity index (χ0) is 15.3. The highest BCUT2D eigenvalue weighted by Gasteiger charge is 2.35. The number of alkyl halides is 3. The summed E-state index contributed by atoms with van der Waals surface area (Å²) in [4.78, 5) is 3.87. The van der Waals surface area contributed by atoms with Crippen molar-refractivity contribution in [3.8, 4) is 0 Å². The van der Waals surface area contributed by atoms with Gasteiger partial charge in [-0.25, -0.2) is 0 Å². The van der Waals surface area contributed by atoms with Crippen molar-refractivity contribution in [2.45, 2.75) is 49.6 Å². The summed E-state index contributed by atoms with van der Waals surface area (Å²) in [6, 6.07) is 0.743. The molecule has 0 bridgehead atoms. The van der Waals surface area contributed by atoms with Gasteiger partial charge in [-0.1, -0.05) is 19.3 Å². The fraction of sp³-hybridized carbons (Fsp3) is 0.667. The van der Waals surface area contributed by atoms with E-state index in [2.05, 4.69) is 10.3 Å². The Bertz CT molecular complexity index is 445. The summed E-state index contributed by atoms with van der Waals surface area (Å²) in [5.41, 5.74) is -0.336. The first-order valence-corrected chi connectivity index (χ1v) is 8.37. The molecule has 2 rings (SSSR count). The number of hydrogen-bond donors (Lipinski definition) is 1. The van der Waals surface area contributed by atoms with Gasteiger partial charge in [0.1, 0.15) is 0 Å². The van der Waals surface area contributed by atoms with Gasteiger partial charge in [0.2, 0.25) is 0 Å². The molecule has 0 amide bonds. The predicted molar refractivity (Wildman–Crippen MR) is 80.4 cm³/mol. The van der Waals surface area contributed by atoms with Gasteiger partial charge in [-0.2, -0.15) is 24.9 Å². The van der Waals surface area contributed by atoms with Crippen LogP contribution < -0.4 is 5.32 Å². The molecule has 0 saturated heterocycles. The van der Waals surface area contributed by atoms with Crippen LogP contribution in [0, 0.1) is 0 Å². The first kappa shape index (κ1) is 16.6. The van der Waals surface area contributed by atoms with E-state index in [1.54, 1.807) is 18.8 Å². The Morgan fingerprint density at radius 2 is 2.05 bits per heavy atom. The van der Waals surface area contributed by atoms with Gasteiger partial charge in [0.15, 0.2) is 0 Å². The number of pyridine rings is 1.